The van der Waals surface area contributed by atoms with Crippen LogP contribution in [0.1, 0.15) is 5.01 Å². The van der Waals surface area contributed by atoms with Gasteiger partial charge in [-0.1, -0.05) is 17.4 Å². The van der Waals surface area contributed by atoms with Crippen LogP contribution in [0, 0.1) is 5.82 Å². The van der Waals surface area contributed by atoms with Gasteiger partial charge in [-0.2, -0.15) is 0 Å². The SMILES string of the molecule is COCCNCc1nnc(-c2c(F)cccc2Br)s1. The van der Waals surface area contributed by atoms with Crippen molar-refractivity contribution >= 4 is 27.3 Å². The minimum absolute atomic E-state index is 0.301. The van der Waals surface area contributed by atoms with Gasteiger partial charge < -0.3 is 10.1 Å². The van der Waals surface area contributed by atoms with E-state index < -0.39 is 0 Å². The van der Waals surface area contributed by atoms with Gasteiger partial charge in [0.2, 0.25) is 0 Å². The second-order valence-electron chi connectivity index (χ2n) is 3.77. The second-order valence-corrected chi connectivity index (χ2v) is 5.68. The predicted molar refractivity (Wildman–Crippen MR) is 76.6 cm³/mol. The Morgan fingerprint density at radius 2 is 2.26 bits per heavy atom. The molecule has 2 rings (SSSR count). The van der Waals surface area contributed by atoms with Gasteiger partial charge in [-0.25, -0.2) is 4.39 Å². The number of methoxy groups -OCH3 is 1. The molecule has 0 aliphatic carbocycles. The number of nitrogens with one attached hydrogen (secondary N) is 1. The van der Waals surface area contributed by atoms with Crippen molar-refractivity contribution in [2.45, 2.75) is 6.54 Å². The fourth-order valence-electron chi connectivity index (χ4n) is 1.50. The van der Waals surface area contributed by atoms with Crippen LogP contribution in [0.25, 0.3) is 10.6 Å². The largest absolute Gasteiger partial charge is 0.383 e. The normalized spacial score (nSPS) is 10.9. The molecule has 0 bridgehead atoms. The Morgan fingerprint density at radius 3 is 3.00 bits per heavy atom. The summed E-state index contributed by atoms with van der Waals surface area (Å²) in [6.07, 6.45) is 0. The fraction of sp³-hybridized carbons (Fsp3) is 0.333. The first-order chi connectivity index (χ1) is 9.22. The van der Waals surface area contributed by atoms with Gasteiger partial charge in [0.05, 0.1) is 12.2 Å². The Morgan fingerprint density at radius 1 is 1.42 bits per heavy atom. The zero-order chi connectivity index (χ0) is 13.7. The molecule has 1 aromatic carbocycles. The van der Waals surface area contributed by atoms with E-state index in [1.807, 2.05) is 0 Å². The molecule has 19 heavy (non-hydrogen) atoms. The molecular formula is C12H13BrFN3OS. The standard InChI is InChI=1S/C12H13BrFN3OS/c1-18-6-5-15-7-10-16-17-12(19-10)11-8(13)3-2-4-9(11)14/h2-4,15H,5-7H2,1H3. The number of halogens is 2. The highest BCUT2D eigenvalue weighted by molar-refractivity contribution is 9.10. The molecule has 1 heterocycles. The van der Waals surface area contributed by atoms with Crippen molar-refractivity contribution in [1.29, 1.82) is 0 Å². The Bertz CT molecular complexity index is 529. The molecular weight excluding hydrogens is 333 g/mol. The molecule has 0 aliphatic rings. The fourth-order valence-corrected chi connectivity index (χ4v) is 3.03. The number of nitrogens with zero attached hydrogens (tertiary/aromatic N) is 2. The highest BCUT2D eigenvalue weighted by Crippen LogP contribution is 2.32. The van der Waals surface area contributed by atoms with Gasteiger partial charge in [0, 0.05) is 24.7 Å². The minimum Gasteiger partial charge on any atom is -0.383 e. The van der Waals surface area contributed by atoms with E-state index in [1.54, 1.807) is 19.2 Å². The molecule has 0 saturated carbocycles. The molecule has 0 atom stereocenters. The van der Waals surface area contributed by atoms with Crippen molar-refractivity contribution in [2.75, 3.05) is 20.3 Å². The van der Waals surface area contributed by atoms with E-state index in [4.69, 9.17) is 4.74 Å². The van der Waals surface area contributed by atoms with Crippen molar-refractivity contribution < 1.29 is 9.13 Å². The third-order valence-electron chi connectivity index (χ3n) is 2.40. The van der Waals surface area contributed by atoms with Gasteiger partial charge in [0.15, 0.2) is 5.01 Å². The van der Waals surface area contributed by atoms with Crippen molar-refractivity contribution in [1.82, 2.24) is 15.5 Å². The van der Waals surface area contributed by atoms with Gasteiger partial charge in [0.1, 0.15) is 10.8 Å². The highest BCUT2D eigenvalue weighted by Gasteiger charge is 2.14. The molecule has 2 aromatic rings. The summed E-state index contributed by atoms with van der Waals surface area (Å²) in [4.78, 5) is 0. The van der Waals surface area contributed by atoms with Crippen LogP contribution in [0.3, 0.4) is 0 Å². The summed E-state index contributed by atoms with van der Waals surface area (Å²) < 4.78 is 19.4. The zero-order valence-electron chi connectivity index (χ0n) is 10.3. The van der Waals surface area contributed by atoms with Crippen LogP contribution >= 0.6 is 27.3 Å². The van der Waals surface area contributed by atoms with E-state index in [-0.39, 0.29) is 5.82 Å². The first-order valence-electron chi connectivity index (χ1n) is 5.69. The molecule has 4 nitrogen and oxygen atoms in total. The maximum atomic E-state index is 13.8. The van der Waals surface area contributed by atoms with Crippen molar-refractivity contribution in [3.63, 3.8) is 0 Å². The lowest BCUT2D eigenvalue weighted by Gasteiger charge is -2.01. The summed E-state index contributed by atoms with van der Waals surface area (Å²) >= 11 is 4.71. The van der Waals surface area contributed by atoms with Crippen LogP contribution in [0.4, 0.5) is 4.39 Å². The number of benzene rings is 1. The molecule has 0 fully saturated rings. The molecule has 7 heteroatoms. The summed E-state index contributed by atoms with van der Waals surface area (Å²) in [6, 6.07) is 4.85. The van der Waals surface area contributed by atoms with E-state index in [9.17, 15) is 4.39 Å². The molecule has 0 spiro atoms. The van der Waals surface area contributed by atoms with Crippen LogP contribution in [0.2, 0.25) is 0 Å². The smallest absolute Gasteiger partial charge is 0.151 e. The molecule has 0 saturated heterocycles. The summed E-state index contributed by atoms with van der Waals surface area (Å²) in [7, 11) is 1.65. The second kappa shape index (κ2) is 7.04. The Hall–Kier alpha value is -0.890. The van der Waals surface area contributed by atoms with E-state index in [0.29, 0.717) is 28.2 Å². The lowest BCUT2D eigenvalue weighted by atomic mass is 10.2. The number of ether oxygens (including phenoxy) is 1. The Labute approximate surface area is 123 Å². The van der Waals surface area contributed by atoms with Crippen LogP contribution in [0.5, 0.6) is 0 Å². The van der Waals surface area contributed by atoms with E-state index >= 15 is 0 Å². The monoisotopic (exact) mass is 345 g/mol. The molecule has 0 unspecified atom stereocenters. The van der Waals surface area contributed by atoms with E-state index in [2.05, 4.69) is 31.4 Å². The van der Waals surface area contributed by atoms with Crippen LogP contribution in [-0.2, 0) is 11.3 Å². The van der Waals surface area contributed by atoms with Crippen LogP contribution < -0.4 is 5.32 Å². The van der Waals surface area contributed by atoms with Gasteiger partial charge in [-0.05, 0) is 28.1 Å². The molecule has 0 amide bonds. The number of hydrogen-bond donors (Lipinski definition) is 1. The van der Waals surface area contributed by atoms with Crippen molar-refractivity contribution in [3.8, 4) is 10.6 Å². The summed E-state index contributed by atoms with van der Waals surface area (Å²) in [5.74, 6) is -0.301. The zero-order valence-corrected chi connectivity index (χ0v) is 12.7. The topological polar surface area (TPSA) is 47.0 Å². The lowest BCUT2D eigenvalue weighted by molar-refractivity contribution is 0.199. The summed E-state index contributed by atoms with van der Waals surface area (Å²) in [5.41, 5.74) is 0.461. The van der Waals surface area contributed by atoms with Gasteiger partial charge in [-0.3, -0.25) is 0 Å². The first-order valence-corrected chi connectivity index (χ1v) is 7.29. The highest BCUT2D eigenvalue weighted by atomic mass is 79.9. The Kier molecular flexibility index (Phi) is 5.38. The van der Waals surface area contributed by atoms with Crippen LogP contribution in [0.15, 0.2) is 22.7 Å². The molecule has 0 aliphatic heterocycles. The van der Waals surface area contributed by atoms with Gasteiger partial charge in [-0.15, -0.1) is 10.2 Å². The predicted octanol–water partition coefficient (Wildman–Crippen LogP) is 2.84. The molecule has 1 aromatic heterocycles. The van der Waals surface area contributed by atoms with Gasteiger partial charge in [0.25, 0.3) is 0 Å². The summed E-state index contributed by atoms with van der Waals surface area (Å²) in [5, 5.41) is 12.7. The molecule has 1 N–H and O–H groups in total. The third-order valence-corrected chi connectivity index (χ3v) is 4.00. The molecule has 0 radical (unpaired) electrons. The number of aromatic nitrogens is 2. The first kappa shape index (κ1) is 14.5. The maximum Gasteiger partial charge on any atom is 0.151 e. The number of rotatable bonds is 6. The average molecular weight is 346 g/mol. The van der Waals surface area contributed by atoms with E-state index in [0.717, 1.165) is 11.6 Å². The van der Waals surface area contributed by atoms with Gasteiger partial charge >= 0.3 is 0 Å². The van der Waals surface area contributed by atoms with Crippen molar-refractivity contribution in [2.24, 2.45) is 0 Å². The average Bonchev–Trinajstić information content (AvgIpc) is 2.83. The quantitative estimate of drug-likeness (QED) is 0.817. The number of hydrogen-bond acceptors (Lipinski definition) is 5. The van der Waals surface area contributed by atoms with E-state index in [1.165, 1.54) is 17.4 Å². The third kappa shape index (κ3) is 3.79. The van der Waals surface area contributed by atoms with Crippen molar-refractivity contribution in [3.05, 3.63) is 33.5 Å². The summed E-state index contributed by atoms with van der Waals surface area (Å²) in [6.45, 7) is 1.99. The Balaban J connectivity index is 2.08. The molecule has 102 valence electrons. The van der Waals surface area contributed by atoms with Crippen LogP contribution in [-0.4, -0.2) is 30.5 Å². The lowest BCUT2D eigenvalue weighted by Crippen LogP contribution is -2.18. The maximum absolute atomic E-state index is 13.8. The minimum atomic E-state index is -0.301.